The monoisotopic (exact) mass is 564 g/mol. The lowest BCUT2D eigenvalue weighted by Crippen LogP contribution is -1.95. The predicted molar refractivity (Wildman–Crippen MR) is 186 cm³/mol. The molecule has 0 aliphatic carbocycles. The summed E-state index contributed by atoms with van der Waals surface area (Å²) in [6.07, 6.45) is 0. The highest BCUT2D eigenvalue weighted by atomic mass is 32.1. The zero-order chi connectivity index (χ0) is 28.1. The van der Waals surface area contributed by atoms with E-state index in [0.29, 0.717) is 0 Å². The highest BCUT2D eigenvalue weighted by Crippen LogP contribution is 2.46. The van der Waals surface area contributed by atoms with Gasteiger partial charge in [0.15, 0.2) is 0 Å². The van der Waals surface area contributed by atoms with Crippen LogP contribution in [0.15, 0.2) is 146 Å². The van der Waals surface area contributed by atoms with E-state index in [2.05, 4.69) is 155 Å². The van der Waals surface area contributed by atoms with Gasteiger partial charge in [0.25, 0.3) is 0 Å². The minimum Gasteiger partial charge on any atom is -0.309 e. The molecule has 0 unspecified atom stereocenters. The molecule has 3 heteroatoms. The second-order valence-corrected chi connectivity index (χ2v) is 12.4. The zero-order valence-electron chi connectivity index (χ0n) is 23.2. The zero-order valence-corrected chi connectivity index (χ0v) is 24.0. The highest BCUT2D eigenvalue weighted by molar-refractivity contribution is 7.26. The fourth-order valence-corrected chi connectivity index (χ4v) is 8.41. The van der Waals surface area contributed by atoms with Crippen LogP contribution in [0, 0.1) is 0 Å². The maximum absolute atomic E-state index is 2.49. The Labute approximate surface area is 251 Å². The van der Waals surface area contributed by atoms with E-state index in [4.69, 9.17) is 0 Å². The lowest BCUT2D eigenvalue weighted by Gasteiger charge is -2.10. The Bertz CT molecular complexity index is 2720. The van der Waals surface area contributed by atoms with E-state index in [0.717, 1.165) is 0 Å². The molecule has 0 radical (unpaired) electrons. The van der Waals surface area contributed by atoms with Crippen LogP contribution >= 0.6 is 11.3 Å². The molecule has 10 rings (SSSR count). The SMILES string of the molecule is c1ccc(-n2c3ccc4c(c5ccccc5n4-c4ccc5ccccc5c4)c3c3ccc4sc5ccccc5c4c32)cc1. The Morgan fingerprint density at radius 3 is 1.95 bits per heavy atom. The van der Waals surface area contributed by atoms with Crippen molar-refractivity contribution in [3.05, 3.63) is 146 Å². The summed E-state index contributed by atoms with van der Waals surface area (Å²) in [7, 11) is 0. The van der Waals surface area contributed by atoms with Crippen LogP contribution in [0.2, 0.25) is 0 Å². The van der Waals surface area contributed by atoms with Gasteiger partial charge >= 0.3 is 0 Å². The van der Waals surface area contributed by atoms with Gasteiger partial charge in [0.1, 0.15) is 0 Å². The number of rotatable bonds is 2. The van der Waals surface area contributed by atoms with E-state index in [1.165, 1.54) is 85.9 Å². The molecule has 0 aliphatic rings. The molecule has 3 heterocycles. The van der Waals surface area contributed by atoms with Gasteiger partial charge < -0.3 is 9.13 Å². The van der Waals surface area contributed by atoms with Gasteiger partial charge in [-0.1, -0.05) is 91.0 Å². The van der Waals surface area contributed by atoms with E-state index in [-0.39, 0.29) is 0 Å². The average Bonchev–Trinajstić information content (AvgIpc) is 3.72. The number of nitrogens with zero attached hydrogens (tertiary/aromatic N) is 2. The van der Waals surface area contributed by atoms with Crippen molar-refractivity contribution >= 4 is 85.9 Å². The van der Waals surface area contributed by atoms with Gasteiger partial charge in [-0.15, -0.1) is 11.3 Å². The summed E-state index contributed by atoms with van der Waals surface area (Å²) in [4.78, 5) is 0. The Kier molecular flexibility index (Phi) is 4.63. The summed E-state index contributed by atoms with van der Waals surface area (Å²) < 4.78 is 7.59. The van der Waals surface area contributed by atoms with Crippen LogP contribution in [0.25, 0.3) is 85.9 Å². The van der Waals surface area contributed by atoms with Gasteiger partial charge in [0.2, 0.25) is 0 Å². The van der Waals surface area contributed by atoms with Crippen molar-refractivity contribution in [3.63, 3.8) is 0 Å². The molecule has 0 atom stereocenters. The first kappa shape index (κ1) is 23.2. The number of hydrogen-bond acceptors (Lipinski definition) is 1. The summed E-state index contributed by atoms with van der Waals surface area (Å²) in [6.45, 7) is 0. The summed E-state index contributed by atoms with van der Waals surface area (Å²) in [5.74, 6) is 0. The minimum atomic E-state index is 1.18. The molecule has 10 aromatic rings. The van der Waals surface area contributed by atoms with Gasteiger partial charge in [-0.25, -0.2) is 0 Å². The van der Waals surface area contributed by atoms with Crippen LogP contribution in [0.3, 0.4) is 0 Å². The van der Waals surface area contributed by atoms with E-state index in [1.807, 2.05) is 11.3 Å². The number of para-hydroxylation sites is 2. The normalized spacial score (nSPS) is 12.2. The molecule has 0 aliphatic heterocycles. The molecule has 0 spiro atoms. The van der Waals surface area contributed by atoms with E-state index in [1.54, 1.807) is 0 Å². The van der Waals surface area contributed by atoms with Gasteiger partial charge in [-0.3, -0.25) is 0 Å². The van der Waals surface area contributed by atoms with Crippen molar-refractivity contribution in [3.8, 4) is 11.4 Å². The molecular formula is C40H24N2S. The van der Waals surface area contributed by atoms with E-state index in [9.17, 15) is 0 Å². The molecule has 43 heavy (non-hydrogen) atoms. The van der Waals surface area contributed by atoms with Gasteiger partial charge in [-0.05, 0) is 65.4 Å². The lowest BCUT2D eigenvalue weighted by atomic mass is 10.0. The molecule has 0 saturated carbocycles. The average molecular weight is 565 g/mol. The van der Waals surface area contributed by atoms with Crippen LogP contribution in [0.1, 0.15) is 0 Å². The molecule has 0 fully saturated rings. The molecule has 7 aromatic carbocycles. The van der Waals surface area contributed by atoms with E-state index < -0.39 is 0 Å². The van der Waals surface area contributed by atoms with Gasteiger partial charge in [-0.2, -0.15) is 0 Å². The Morgan fingerprint density at radius 1 is 0.372 bits per heavy atom. The third-order valence-corrected chi connectivity index (χ3v) is 10.2. The van der Waals surface area contributed by atoms with Gasteiger partial charge in [0.05, 0.1) is 22.1 Å². The van der Waals surface area contributed by atoms with Crippen LogP contribution in [-0.2, 0) is 0 Å². The molecular weight excluding hydrogens is 541 g/mol. The second kappa shape index (κ2) is 8.57. The Hall–Kier alpha value is -5.38. The summed E-state index contributed by atoms with van der Waals surface area (Å²) >= 11 is 1.88. The number of benzene rings is 7. The quantitative estimate of drug-likeness (QED) is 0.198. The number of thiophene rings is 1. The largest absolute Gasteiger partial charge is 0.309 e. The first-order valence-corrected chi connectivity index (χ1v) is 15.5. The molecule has 3 aromatic heterocycles. The smallest absolute Gasteiger partial charge is 0.0634 e. The first-order chi connectivity index (χ1) is 21.3. The Balaban J connectivity index is 1.44. The van der Waals surface area contributed by atoms with Gasteiger partial charge in [0, 0.05) is 53.1 Å². The minimum absolute atomic E-state index is 1.18. The fourth-order valence-electron chi connectivity index (χ4n) is 7.30. The van der Waals surface area contributed by atoms with Crippen molar-refractivity contribution in [2.45, 2.75) is 0 Å². The molecule has 0 saturated heterocycles. The molecule has 0 bridgehead atoms. The number of aromatic nitrogens is 2. The number of fused-ring (bicyclic) bond motifs is 12. The number of hydrogen-bond donors (Lipinski definition) is 0. The predicted octanol–water partition coefficient (Wildman–Crippen LogP) is 11.4. The van der Waals surface area contributed by atoms with Crippen LogP contribution < -0.4 is 0 Å². The summed E-state index contributed by atoms with van der Waals surface area (Å²) in [5, 5.41) is 10.4. The van der Waals surface area contributed by atoms with Crippen LogP contribution in [-0.4, -0.2) is 9.13 Å². The summed E-state index contributed by atoms with van der Waals surface area (Å²) in [6, 6.07) is 53.3. The molecule has 0 amide bonds. The highest BCUT2D eigenvalue weighted by Gasteiger charge is 2.23. The van der Waals surface area contributed by atoms with Crippen LogP contribution in [0.5, 0.6) is 0 Å². The second-order valence-electron chi connectivity index (χ2n) is 11.3. The topological polar surface area (TPSA) is 9.86 Å². The standard InChI is InChI=1S/C40H24N2S/c1-2-12-27(13-3-1)42-34-22-21-33-37(38(34)31-20-23-36-39(40(31)42)30-15-7-9-17-35(30)43-36)29-14-6-8-16-32(29)41(33)28-19-18-25-10-4-5-11-26(25)24-28/h1-24H. The maximum atomic E-state index is 2.49. The third-order valence-electron chi connectivity index (χ3n) is 9.07. The first-order valence-electron chi connectivity index (χ1n) is 14.7. The van der Waals surface area contributed by atoms with Crippen molar-refractivity contribution in [2.75, 3.05) is 0 Å². The maximum Gasteiger partial charge on any atom is 0.0634 e. The third kappa shape index (κ3) is 3.12. The fraction of sp³-hybridized carbons (Fsp3) is 0. The summed E-state index contributed by atoms with van der Waals surface area (Å²) in [5.41, 5.74) is 7.34. The Morgan fingerprint density at radius 2 is 1.07 bits per heavy atom. The van der Waals surface area contributed by atoms with Crippen molar-refractivity contribution in [1.82, 2.24) is 9.13 Å². The van der Waals surface area contributed by atoms with Crippen LogP contribution in [0.4, 0.5) is 0 Å². The molecule has 2 nitrogen and oxygen atoms in total. The molecule has 200 valence electrons. The van der Waals surface area contributed by atoms with Crippen molar-refractivity contribution in [1.29, 1.82) is 0 Å². The lowest BCUT2D eigenvalue weighted by molar-refractivity contribution is 1.18. The van der Waals surface area contributed by atoms with E-state index >= 15 is 0 Å². The molecule has 0 N–H and O–H groups in total. The van der Waals surface area contributed by atoms with Crippen molar-refractivity contribution < 1.29 is 0 Å². The van der Waals surface area contributed by atoms with Crippen molar-refractivity contribution in [2.24, 2.45) is 0 Å².